The molecule has 0 radical (unpaired) electrons. The van der Waals surface area contributed by atoms with Crippen LogP contribution in [0.1, 0.15) is 142 Å². The molecule has 13 nitrogen and oxygen atoms in total. The maximum atomic E-state index is 14.9. The van der Waals surface area contributed by atoms with Crippen LogP contribution in [0.5, 0.6) is 0 Å². The summed E-state index contributed by atoms with van der Waals surface area (Å²) in [6.07, 6.45) is 5.43. The van der Waals surface area contributed by atoms with Crippen molar-refractivity contribution in [3.8, 4) is 0 Å². The molecule has 0 bridgehead atoms. The maximum Gasteiger partial charge on any atom is 0.336 e. The summed E-state index contributed by atoms with van der Waals surface area (Å²) < 4.78 is 31.9. The first-order valence-electron chi connectivity index (χ1n) is 23.6. The highest BCUT2D eigenvalue weighted by atomic mass is 31.2. The Balaban J connectivity index is 1.66. The third kappa shape index (κ3) is 16.1. The summed E-state index contributed by atoms with van der Waals surface area (Å²) in [6, 6.07) is 25.2. The van der Waals surface area contributed by atoms with Gasteiger partial charge in [-0.3, -0.25) is 28.5 Å². The van der Waals surface area contributed by atoms with E-state index in [0.29, 0.717) is 30.4 Å². The number of primary amides is 1. The van der Waals surface area contributed by atoms with Gasteiger partial charge in [-0.15, -0.1) is 13.2 Å². The minimum atomic E-state index is -3.64. The van der Waals surface area contributed by atoms with E-state index in [4.69, 9.17) is 19.5 Å². The van der Waals surface area contributed by atoms with E-state index in [1.165, 1.54) is 0 Å². The number of nitrogens with one attached hydrogen (secondary N) is 3. The Morgan fingerprint density at radius 2 is 1.26 bits per heavy atom. The molecule has 0 spiro atoms. The minimum absolute atomic E-state index is 0.00938. The smallest absolute Gasteiger partial charge is 0.336 e. The van der Waals surface area contributed by atoms with Crippen LogP contribution in [0.25, 0.3) is 0 Å². The molecule has 14 heteroatoms. The van der Waals surface area contributed by atoms with Crippen molar-refractivity contribution in [3.63, 3.8) is 0 Å². The van der Waals surface area contributed by atoms with Crippen molar-refractivity contribution in [1.29, 1.82) is 0 Å². The predicted molar refractivity (Wildman–Crippen MR) is 268 cm³/mol. The molecule has 4 amide bonds. The maximum absolute atomic E-state index is 14.9. The lowest BCUT2D eigenvalue weighted by molar-refractivity contribution is -0.157. The molecule has 0 aromatic heterocycles. The lowest BCUT2D eigenvalue weighted by Crippen LogP contribution is -2.64. The van der Waals surface area contributed by atoms with Crippen molar-refractivity contribution < 1.29 is 42.3 Å². The highest BCUT2D eigenvalue weighted by molar-refractivity contribution is 7.53. The number of carbonyl (C=O) groups is 5. The lowest BCUT2D eigenvalue weighted by Gasteiger charge is -2.39. The molecular weight excluding hydrogens is 880 g/mol. The number of hydrogen-bond donors (Lipinski definition) is 4. The quantitative estimate of drug-likeness (QED) is 0.0431. The molecule has 3 aromatic rings. The molecule has 4 rings (SSSR count). The van der Waals surface area contributed by atoms with Crippen LogP contribution < -0.4 is 21.7 Å². The van der Waals surface area contributed by atoms with Crippen LogP contribution >= 0.6 is 7.60 Å². The Labute approximate surface area is 404 Å². The van der Waals surface area contributed by atoms with Gasteiger partial charge in [-0.05, 0) is 104 Å². The molecule has 1 fully saturated rings. The average molecular weight is 955 g/mol. The van der Waals surface area contributed by atoms with Crippen molar-refractivity contribution in [3.05, 3.63) is 132 Å². The Hall–Kier alpha value is -5.36. The highest BCUT2D eigenvalue weighted by Crippen LogP contribution is 2.57. The van der Waals surface area contributed by atoms with Gasteiger partial charge in [0.1, 0.15) is 17.2 Å². The second-order valence-corrected chi connectivity index (χ2v) is 22.8. The van der Waals surface area contributed by atoms with Gasteiger partial charge in [0.2, 0.25) is 23.6 Å². The number of allylic oxidation sites excluding steroid dienone is 2. The van der Waals surface area contributed by atoms with Gasteiger partial charge in [-0.2, -0.15) is 0 Å². The normalized spacial score (nSPS) is 15.7. The summed E-state index contributed by atoms with van der Waals surface area (Å²) in [5.41, 5.74) is 4.27. The van der Waals surface area contributed by atoms with E-state index in [0.717, 1.165) is 17.5 Å². The van der Waals surface area contributed by atoms with E-state index in [1.807, 2.05) is 102 Å². The van der Waals surface area contributed by atoms with Gasteiger partial charge in [0.05, 0.1) is 36.1 Å². The van der Waals surface area contributed by atoms with Crippen molar-refractivity contribution >= 4 is 37.2 Å². The fourth-order valence-corrected chi connectivity index (χ4v) is 11.4. The molecule has 1 aliphatic carbocycles. The van der Waals surface area contributed by atoms with E-state index in [9.17, 15) is 28.5 Å². The van der Waals surface area contributed by atoms with Crippen LogP contribution in [0.2, 0.25) is 0 Å². The first-order chi connectivity index (χ1) is 31.7. The molecule has 0 unspecified atom stereocenters. The van der Waals surface area contributed by atoms with Crippen molar-refractivity contribution in [2.45, 2.75) is 160 Å². The molecule has 3 atom stereocenters. The lowest BCUT2D eigenvalue weighted by atomic mass is 9.72. The number of nitrogens with two attached hydrogens (primary N) is 1. The zero-order valence-electron chi connectivity index (χ0n) is 41.7. The summed E-state index contributed by atoms with van der Waals surface area (Å²) in [4.78, 5) is 70.0. The van der Waals surface area contributed by atoms with E-state index >= 15 is 0 Å². The molecule has 1 aliphatic rings. The standard InChI is InChI=1S/C54H75N4O9P/c1-12-31-53(40-23-17-14-18-24-40,41-25-19-15-20-26-41)37-56-48(62)44(35-45(55)59)57-49(63)54(32-21-16-22-33-54)58-47(61)43(34-46(60)65-50(3,4)5)42(13-2)39-29-27-38(28-30-39)36-68(64,66-51(6,7)8)67-52(9,10)11/h12-15,17-20,23-30,42-44H,1-2,16,21-22,31-37H2,3-11H3,(H2,55,59)(H,56,62)(H,57,63)(H,58,61)/t42-,43+,44+/m1/s1. The molecule has 3 aromatic carbocycles. The van der Waals surface area contributed by atoms with Crippen LogP contribution in [-0.4, -0.2) is 64.5 Å². The van der Waals surface area contributed by atoms with Crippen molar-refractivity contribution in [2.24, 2.45) is 11.7 Å². The van der Waals surface area contributed by atoms with E-state index in [2.05, 4.69) is 29.1 Å². The fraction of sp³-hybridized carbons (Fsp3) is 0.500. The third-order valence-electron chi connectivity index (χ3n) is 11.6. The Morgan fingerprint density at radius 3 is 1.72 bits per heavy atom. The van der Waals surface area contributed by atoms with Gasteiger partial charge >= 0.3 is 13.6 Å². The number of carbonyl (C=O) groups excluding carboxylic acids is 5. The van der Waals surface area contributed by atoms with Crippen LogP contribution in [0, 0.1) is 5.92 Å². The van der Waals surface area contributed by atoms with Gasteiger partial charge < -0.3 is 35.5 Å². The topological polar surface area (TPSA) is 192 Å². The van der Waals surface area contributed by atoms with Gasteiger partial charge in [0.25, 0.3) is 0 Å². The number of rotatable bonds is 22. The minimum Gasteiger partial charge on any atom is -0.460 e. The third-order valence-corrected chi connectivity index (χ3v) is 14.0. The van der Waals surface area contributed by atoms with E-state index in [1.54, 1.807) is 57.2 Å². The first-order valence-corrected chi connectivity index (χ1v) is 25.3. The Bertz CT molecular complexity index is 2200. The van der Waals surface area contributed by atoms with Gasteiger partial charge in [0.15, 0.2) is 0 Å². The first kappa shape index (κ1) is 55.2. The predicted octanol–water partition coefficient (Wildman–Crippen LogP) is 9.49. The number of esters is 1. The zero-order valence-corrected chi connectivity index (χ0v) is 42.5. The fourth-order valence-electron chi connectivity index (χ4n) is 8.86. The molecule has 0 heterocycles. The molecule has 1 saturated carbocycles. The number of benzene rings is 3. The average Bonchev–Trinajstić information content (AvgIpc) is 3.24. The SMILES string of the molecule is C=CCC(CNC(=O)[C@H](CC(N)=O)NC(=O)C1(NC(=O)[C@@H](CC(=O)OC(C)(C)C)[C@H](C=C)c2ccc(CP(=O)(OC(C)(C)C)OC(C)(C)C)cc2)CCCCC1)(c1ccccc1)c1ccccc1. The van der Waals surface area contributed by atoms with Crippen LogP contribution in [-0.2, 0) is 53.9 Å². The summed E-state index contributed by atoms with van der Waals surface area (Å²) in [5.74, 6) is -5.15. The number of ether oxygens (including phenoxy) is 1. The van der Waals surface area contributed by atoms with E-state index < -0.39 is 89.2 Å². The summed E-state index contributed by atoms with van der Waals surface area (Å²) in [6.45, 7) is 24.3. The van der Waals surface area contributed by atoms with Gasteiger partial charge in [-0.1, -0.05) is 116 Å². The zero-order chi connectivity index (χ0) is 50.6. The highest BCUT2D eigenvalue weighted by Gasteiger charge is 2.45. The summed E-state index contributed by atoms with van der Waals surface area (Å²) in [5, 5.41) is 8.88. The number of hydrogen-bond acceptors (Lipinski definition) is 9. The summed E-state index contributed by atoms with van der Waals surface area (Å²) in [7, 11) is -3.64. The van der Waals surface area contributed by atoms with Gasteiger partial charge in [-0.25, -0.2) is 0 Å². The van der Waals surface area contributed by atoms with Crippen LogP contribution in [0.15, 0.2) is 110 Å². The second-order valence-electron chi connectivity index (χ2n) is 20.9. The monoisotopic (exact) mass is 955 g/mol. The molecular formula is C54H75N4O9P. The van der Waals surface area contributed by atoms with Crippen molar-refractivity contribution in [1.82, 2.24) is 16.0 Å². The largest absolute Gasteiger partial charge is 0.460 e. The summed E-state index contributed by atoms with van der Waals surface area (Å²) >= 11 is 0. The molecule has 0 aliphatic heterocycles. The molecule has 68 heavy (non-hydrogen) atoms. The molecule has 0 saturated heterocycles. The van der Waals surface area contributed by atoms with Crippen molar-refractivity contribution in [2.75, 3.05) is 6.54 Å². The molecule has 5 N–H and O–H groups in total. The van der Waals surface area contributed by atoms with Crippen LogP contribution in [0.4, 0.5) is 0 Å². The van der Waals surface area contributed by atoms with Gasteiger partial charge in [0, 0.05) is 17.9 Å². The number of amides is 4. The van der Waals surface area contributed by atoms with Crippen LogP contribution in [0.3, 0.4) is 0 Å². The Morgan fingerprint density at radius 1 is 0.735 bits per heavy atom. The second kappa shape index (κ2) is 23.3. The van der Waals surface area contributed by atoms with E-state index in [-0.39, 0.29) is 32.0 Å². The molecule has 370 valence electrons. The Kier molecular flexibility index (Phi) is 18.9.